The summed E-state index contributed by atoms with van der Waals surface area (Å²) in [5.41, 5.74) is 0.870. The highest BCUT2D eigenvalue weighted by Crippen LogP contribution is 2.15. The van der Waals surface area contributed by atoms with Crippen LogP contribution in [0.2, 0.25) is 0 Å². The first-order chi connectivity index (χ1) is 7.67. The van der Waals surface area contributed by atoms with E-state index in [0.29, 0.717) is 6.04 Å². The van der Waals surface area contributed by atoms with E-state index < -0.39 is 0 Å². The summed E-state index contributed by atoms with van der Waals surface area (Å²) < 4.78 is 4.57. The molecule has 4 heteroatoms. The number of methoxy groups -OCH3 is 1. The number of carbonyl (C=O) groups excluding carboxylic acids is 1. The van der Waals surface area contributed by atoms with Gasteiger partial charge in [0.05, 0.1) is 7.11 Å². The fraction of sp³-hybridized carbons (Fsp3) is 0.750. The summed E-state index contributed by atoms with van der Waals surface area (Å²) in [4.78, 5) is 13.5. The van der Waals surface area contributed by atoms with Gasteiger partial charge in [0.15, 0.2) is 0 Å². The molecule has 1 saturated heterocycles. The van der Waals surface area contributed by atoms with Crippen LogP contribution in [0.3, 0.4) is 0 Å². The van der Waals surface area contributed by atoms with E-state index in [-0.39, 0.29) is 5.97 Å². The molecule has 0 aromatic heterocycles. The van der Waals surface area contributed by atoms with Crippen LogP contribution in [0, 0.1) is 0 Å². The van der Waals surface area contributed by atoms with E-state index in [2.05, 4.69) is 21.9 Å². The van der Waals surface area contributed by atoms with Gasteiger partial charge < -0.3 is 10.1 Å². The molecule has 0 aliphatic carbocycles. The average Bonchev–Trinajstić information content (AvgIpc) is 2.73. The quantitative estimate of drug-likeness (QED) is 0.564. The number of hydrogen-bond donors (Lipinski definition) is 1. The zero-order valence-electron chi connectivity index (χ0n) is 10.5. The third kappa shape index (κ3) is 3.85. The Bertz CT molecular complexity index is 264. The lowest BCUT2D eigenvalue weighted by Crippen LogP contribution is -2.37. The van der Waals surface area contributed by atoms with Crippen molar-refractivity contribution in [1.82, 2.24) is 10.2 Å². The molecule has 16 heavy (non-hydrogen) atoms. The van der Waals surface area contributed by atoms with Crippen molar-refractivity contribution in [2.75, 3.05) is 26.7 Å². The van der Waals surface area contributed by atoms with Crippen LogP contribution >= 0.6 is 0 Å². The largest absolute Gasteiger partial charge is 0.466 e. The molecule has 0 aromatic rings. The van der Waals surface area contributed by atoms with Crippen molar-refractivity contribution >= 4 is 5.97 Å². The SMILES string of the molecule is CCN1CCCC1CNC(C)=CC(=O)OC. The molecule has 0 saturated carbocycles. The van der Waals surface area contributed by atoms with E-state index in [0.717, 1.165) is 18.8 Å². The Labute approximate surface area is 97.6 Å². The maximum absolute atomic E-state index is 11.0. The first kappa shape index (κ1) is 13.0. The molecule has 0 bridgehead atoms. The van der Waals surface area contributed by atoms with E-state index in [1.807, 2.05) is 6.92 Å². The third-order valence-corrected chi connectivity index (χ3v) is 3.06. The second-order valence-corrected chi connectivity index (χ2v) is 4.16. The third-order valence-electron chi connectivity index (χ3n) is 3.06. The van der Waals surface area contributed by atoms with E-state index in [4.69, 9.17) is 0 Å². The fourth-order valence-corrected chi connectivity index (χ4v) is 2.11. The minimum absolute atomic E-state index is 0.302. The molecule has 4 nitrogen and oxygen atoms in total. The van der Waals surface area contributed by atoms with Crippen LogP contribution < -0.4 is 5.32 Å². The molecular formula is C12H22N2O2. The molecule has 0 radical (unpaired) electrons. The minimum atomic E-state index is -0.302. The first-order valence-corrected chi connectivity index (χ1v) is 5.91. The Morgan fingerprint density at radius 2 is 2.38 bits per heavy atom. The molecule has 1 atom stereocenters. The second-order valence-electron chi connectivity index (χ2n) is 4.16. The molecule has 0 amide bonds. The number of allylic oxidation sites excluding steroid dienone is 1. The highest BCUT2D eigenvalue weighted by atomic mass is 16.5. The number of hydrogen-bond acceptors (Lipinski definition) is 4. The topological polar surface area (TPSA) is 41.6 Å². The van der Waals surface area contributed by atoms with Crippen LogP contribution in [-0.2, 0) is 9.53 Å². The molecule has 1 aliphatic rings. The summed E-state index contributed by atoms with van der Waals surface area (Å²) in [5.74, 6) is -0.302. The van der Waals surface area contributed by atoms with Gasteiger partial charge >= 0.3 is 5.97 Å². The number of likely N-dealkylation sites (N-methyl/N-ethyl adjacent to an activating group) is 1. The Hall–Kier alpha value is -1.03. The summed E-state index contributed by atoms with van der Waals surface area (Å²) in [6.45, 7) is 7.29. The summed E-state index contributed by atoms with van der Waals surface area (Å²) in [5, 5.41) is 3.27. The fourth-order valence-electron chi connectivity index (χ4n) is 2.11. The molecule has 0 spiro atoms. The lowest BCUT2D eigenvalue weighted by Gasteiger charge is -2.23. The minimum Gasteiger partial charge on any atom is -0.466 e. The van der Waals surface area contributed by atoms with Gasteiger partial charge in [-0.05, 0) is 32.9 Å². The summed E-state index contributed by atoms with van der Waals surface area (Å²) >= 11 is 0. The van der Waals surface area contributed by atoms with Gasteiger partial charge in [0, 0.05) is 24.4 Å². The normalized spacial score (nSPS) is 22.2. The molecule has 1 heterocycles. The van der Waals surface area contributed by atoms with Crippen LogP contribution in [0.25, 0.3) is 0 Å². The van der Waals surface area contributed by atoms with Crippen molar-refractivity contribution in [2.24, 2.45) is 0 Å². The number of esters is 1. The predicted molar refractivity (Wildman–Crippen MR) is 64.0 cm³/mol. The predicted octanol–water partition coefficient (Wildman–Crippen LogP) is 1.14. The van der Waals surface area contributed by atoms with Crippen molar-refractivity contribution in [3.8, 4) is 0 Å². The molecule has 92 valence electrons. The summed E-state index contributed by atoms with van der Waals surface area (Å²) in [7, 11) is 1.39. The van der Waals surface area contributed by atoms with Crippen LogP contribution in [-0.4, -0.2) is 43.7 Å². The van der Waals surface area contributed by atoms with Crippen molar-refractivity contribution in [2.45, 2.75) is 32.7 Å². The number of nitrogens with one attached hydrogen (secondary N) is 1. The molecule has 0 aromatic carbocycles. The maximum Gasteiger partial charge on any atom is 0.332 e. The van der Waals surface area contributed by atoms with Crippen LogP contribution in [0.4, 0.5) is 0 Å². The highest BCUT2D eigenvalue weighted by Gasteiger charge is 2.22. The number of carbonyl (C=O) groups is 1. The number of nitrogens with zero attached hydrogens (tertiary/aromatic N) is 1. The zero-order chi connectivity index (χ0) is 12.0. The van der Waals surface area contributed by atoms with Crippen LogP contribution in [0.1, 0.15) is 26.7 Å². The lowest BCUT2D eigenvalue weighted by molar-refractivity contribution is -0.134. The number of ether oxygens (including phenoxy) is 1. The molecule has 1 aliphatic heterocycles. The maximum atomic E-state index is 11.0. The first-order valence-electron chi connectivity index (χ1n) is 5.91. The van der Waals surface area contributed by atoms with Crippen molar-refractivity contribution in [3.63, 3.8) is 0 Å². The van der Waals surface area contributed by atoms with Crippen LogP contribution in [0.5, 0.6) is 0 Å². The van der Waals surface area contributed by atoms with Gasteiger partial charge in [0.1, 0.15) is 0 Å². The Morgan fingerprint density at radius 1 is 1.62 bits per heavy atom. The summed E-state index contributed by atoms with van der Waals surface area (Å²) in [6.07, 6.45) is 4.01. The van der Waals surface area contributed by atoms with E-state index >= 15 is 0 Å². The van der Waals surface area contributed by atoms with Gasteiger partial charge in [-0.25, -0.2) is 4.79 Å². The molecular weight excluding hydrogens is 204 g/mol. The standard InChI is InChI=1S/C12H22N2O2/c1-4-14-7-5-6-11(14)9-13-10(2)8-12(15)16-3/h8,11,13H,4-7,9H2,1-3H3. The molecule has 1 unspecified atom stereocenters. The number of likely N-dealkylation sites (tertiary alicyclic amines) is 1. The zero-order valence-corrected chi connectivity index (χ0v) is 10.5. The Balaban J connectivity index is 2.33. The summed E-state index contributed by atoms with van der Waals surface area (Å²) in [6, 6.07) is 0.603. The van der Waals surface area contributed by atoms with Gasteiger partial charge in [0.2, 0.25) is 0 Å². The smallest absolute Gasteiger partial charge is 0.332 e. The average molecular weight is 226 g/mol. The van der Waals surface area contributed by atoms with E-state index in [9.17, 15) is 4.79 Å². The van der Waals surface area contributed by atoms with E-state index in [1.54, 1.807) is 0 Å². The number of rotatable bonds is 5. The van der Waals surface area contributed by atoms with Crippen LogP contribution in [0.15, 0.2) is 11.8 Å². The van der Waals surface area contributed by atoms with Gasteiger partial charge in [0.25, 0.3) is 0 Å². The monoisotopic (exact) mass is 226 g/mol. The molecule has 1 rings (SSSR count). The van der Waals surface area contributed by atoms with Gasteiger partial charge in [-0.3, -0.25) is 4.90 Å². The van der Waals surface area contributed by atoms with Gasteiger partial charge in [-0.15, -0.1) is 0 Å². The second kappa shape index (κ2) is 6.53. The lowest BCUT2D eigenvalue weighted by atomic mass is 10.2. The Kier molecular flexibility index (Phi) is 5.32. The molecule has 1 N–H and O–H groups in total. The van der Waals surface area contributed by atoms with Gasteiger partial charge in [-0.1, -0.05) is 6.92 Å². The highest BCUT2D eigenvalue weighted by molar-refractivity contribution is 5.82. The van der Waals surface area contributed by atoms with Crippen molar-refractivity contribution < 1.29 is 9.53 Å². The Morgan fingerprint density at radius 3 is 3.00 bits per heavy atom. The van der Waals surface area contributed by atoms with Gasteiger partial charge in [-0.2, -0.15) is 0 Å². The molecule has 1 fully saturated rings. The van der Waals surface area contributed by atoms with E-state index in [1.165, 1.54) is 32.6 Å². The van der Waals surface area contributed by atoms with Crippen molar-refractivity contribution in [1.29, 1.82) is 0 Å². The van der Waals surface area contributed by atoms with Crippen molar-refractivity contribution in [3.05, 3.63) is 11.8 Å².